The number of benzene rings is 1. The van der Waals surface area contributed by atoms with Gasteiger partial charge in [-0.3, -0.25) is 4.79 Å². The van der Waals surface area contributed by atoms with E-state index in [1.54, 1.807) is 12.1 Å². The van der Waals surface area contributed by atoms with Crippen LogP contribution in [0.25, 0.3) is 0 Å². The van der Waals surface area contributed by atoms with Crippen molar-refractivity contribution in [3.63, 3.8) is 0 Å². The van der Waals surface area contributed by atoms with E-state index in [0.717, 1.165) is 51.0 Å². The first-order valence-corrected chi connectivity index (χ1v) is 8.54. The summed E-state index contributed by atoms with van der Waals surface area (Å²) in [7, 11) is 0. The third-order valence-corrected chi connectivity index (χ3v) is 4.82. The van der Waals surface area contributed by atoms with Gasteiger partial charge in [0, 0.05) is 25.2 Å². The Kier molecular flexibility index (Phi) is 6.28. The Morgan fingerprint density at radius 3 is 2.48 bits per heavy atom. The maximum atomic E-state index is 12.0. The first-order chi connectivity index (χ1) is 11.1. The van der Waals surface area contributed by atoms with Gasteiger partial charge in [0.15, 0.2) is 0 Å². The van der Waals surface area contributed by atoms with E-state index in [1.165, 1.54) is 0 Å². The Hall–Kier alpha value is -1.75. The molecule has 5 nitrogen and oxygen atoms in total. The lowest BCUT2D eigenvalue weighted by Gasteiger charge is -2.20. The molecule has 3 N–H and O–H groups in total. The minimum atomic E-state index is -0.245. The first kappa shape index (κ1) is 17.6. The molecule has 2 rings (SSSR count). The molecule has 1 fully saturated rings. The predicted molar refractivity (Wildman–Crippen MR) is 91.6 cm³/mol. The van der Waals surface area contributed by atoms with Crippen LogP contribution in [0.4, 0.5) is 5.69 Å². The monoisotopic (exact) mass is 320 g/mol. The molecule has 1 aliphatic heterocycles. The molecule has 128 valence electrons. The molecule has 5 heteroatoms. The maximum absolute atomic E-state index is 12.0. The summed E-state index contributed by atoms with van der Waals surface area (Å²) in [5, 5.41) is 15.9. The molecule has 1 aliphatic rings. The van der Waals surface area contributed by atoms with Crippen molar-refractivity contribution in [2.45, 2.75) is 45.6 Å². The third kappa shape index (κ3) is 4.61. The van der Waals surface area contributed by atoms with Crippen molar-refractivity contribution in [3.05, 3.63) is 24.3 Å². The Balaban J connectivity index is 1.59. The summed E-state index contributed by atoms with van der Waals surface area (Å²) in [6.07, 6.45) is 3.50. The van der Waals surface area contributed by atoms with Crippen molar-refractivity contribution < 1.29 is 14.6 Å². The molecule has 0 aliphatic carbocycles. The number of hydrogen-bond acceptors (Lipinski definition) is 5. The fourth-order valence-electron chi connectivity index (χ4n) is 3.09. The minimum absolute atomic E-state index is 0.0125. The SMILES string of the molecule is CCC1(CC)CC(CCNCCNc2ccc(O)cc2)OC1=O. The normalized spacial score (nSPS) is 19.6. The number of rotatable bonds is 9. The predicted octanol–water partition coefficient (Wildman–Crippen LogP) is 2.91. The van der Waals surface area contributed by atoms with Gasteiger partial charge in [-0.15, -0.1) is 0 Å². The van der Waals surface area contributed by atoms with Crippen LogP contribution >= 0.6 is 0 Å². The lowest BCUT2D eigenvalue weighted by atomic mass is 9.79. The summed E-state index contributed by atoms with van der Waals surface area (Å²) in [5.74, 6) is 0.261. The minimum Gasteiger partial charge on any atom is -0.508 e. The van der Waals surface area contributed by atoms with E-state index in [2.05, 4.69) is 24.5 Å². The number of nitrogens with one attached hydrogen (secondary N) is 2. The summed E-state index contributed by atoms with van der Waals surface area (Å²) in [4.78, 5) is 12.0. The number of aromatic hydroxyl groups is 1. The third-order valence-electron chi connectivity index (χ3n) is 4.82. The fraction of sp³-hybridized carbons (Fsp3) is 0.611. The quantitative estimate of drug-likeness (QED) is 0.371. The topological polar surface area (TPSA) is 70.6 Å². The number of phenols is 1. The molecule has 0 aromatic heterocycles. The zero-order valence-corrected chi connectivity index (χ0v) is 14.1. The van der Waals surface area contributed by atoms with Crippen LogP contribution in [0.15, 0.2) is 24.3 Å². The highest BCUT2D eigenvalue weighted by Crippen LogP contribution is 2.40. The average Bonchev–Trinajstić information content (AvgIpc) is 2.88. The van der Waals surface area contributed by atoms with Gasteiger partial charge < -0.3 is 20.5 Å². The average molecular weight is 320 g/mol. The Labute approximate surface area is 138 Å². The van der Waals surface area contributed by atoms with Crippen LogP contribution in [0.2, 0.25) is 0 Å². The molecule has 1 saturated heterocycles. The second kappa shape index (κ2) is 8.20. The van der Waals surface area contributed by atoms with Crippen LogP contribution in [0.1, 0.15) is 39.5 Å². The van der Waals surface area contributed by atoms with Crippen LogP contribution in [0, 0.1) is 5.41 Å². The maximum Gasteiger partial charge on any atom is 0.312 e. The highest BCUT2D eigenvalue weighted by molar-refractivity contribution is 5.78. The summed E-state index contributed by atoms with van der Waals surface area (Å²) in [6, 6.07) is 7.03. The number of ether oxygens (including phenoxy) is 1. The number of carbonyl (C=O) groups is 1. The number of phenolic OH excluding ortho intramolecular Hbond substituents is 1. The highest BCUT2D eigenvalue weighted by atomic mass is 16.6. The van der Waals surface area contributed by atoms with E-state index >= 15 is 0 Å². The van der Waals surface area contributed by atoms with Crippen LogP contribution in [0.5, 0.6) is 5.75 Å². The zero-order valence-electron chi connectivity index (χ0n) is 14.1. The molecule has 0 amide bonds. The first-order valence-electron chi connectivity index (χ1n) is 8.54. The molecular weight excluding hydrogens is 292 g/mol. The van der Waals surface area contributed by atoms with Crippen LogP contribution in [0.3, 0.4) is 0 Å². The number of cyclic esters (lactones) is 1. The van der Waals surface area contributed by atoms with Crippen molar-refractivity contribution in [2.75, 3.05) is 25.0 Å². The Bertz CT molecular complexity index is 497. The molecule has 23 heavy (non-hydrogen) atoms. The zero-order chi connectivity index (χ0) is 16.7. The van der Waals surface area contributed by atoms with Gasteiger partial charge in [0.05, 0.1) is 5.41 Å². The van der Waals surface area contributed by atoms with Crippen molar-refractivity contribution in [3.8, 4) is 5.75 Å². The second-order valence-corrected chi connectivity index (χ2v) is 6.23. The van der Waals surface area contributed by atoms with Gasteiger partial charge in [-0.1, -0.05) is 13.8 Å². The van der Waals surface area contributed by atoms with Gasteiger partial charge in [0.25, 0.3) is 0 Å². The second-order valence-electron chi connectivity index (χ2n) is 6.23. The van der Waals surface area contributed by atoms with Gasteiger partial charge in [-0.2, -0.15) is 0 Å². The van der Waals surface area contributed by atoms with Crippen LogP contribution in [-0.2, 0) is 9.53 Å². The van der Waals surface area contributed by atoms with E-state index in [0.29, 0.717) is 0 Å². The molecule has 1 aromatic rings. The van der Waals surface area contributed by atoms with Gasteiger partial charge in [0.2, 0.25) is 0 Å². The molecule has 1 heterocycles. The molecule has 0 spiro atoms. The van der Waals surface area contributed by atoms with Crippen molar-refractivity contribution in [1.29, 1.82) is 0 Å². The molecule has 0 radical (unpaired) electrons. The summed E-state index contributed by atoms with van der Waals surface area (Å²) >= 11 is 0. The molecular formula is C18H28N2O3. The molecule has 1 aromatic carbocycles. The van der Waals surface area contributed by atoms with E-state index in [1.807, 2.05) is 12.1 Å². The smallest absolute Gasteiger partial charge is 0.312 e. The summed E-state index contributed by atoms with van der Waals surface area (Å²) < 4.78 is 5.53. The Morgan fingerprint density at radius 1 is 1.17 bits per heavy atom. The molecule has 1 atom stereocenters. The molecule has 1 unspecified atom stereocenters. The Morgan fingerprint density at radius 2 is 1.87 bits per heavy atom. The number of hydrogen-bond donors (Lipinski definition) is 3. The van der Waals surface area contributed by atoms with Gasteiger partial charge in [-0.25, -0.2) is 0 Å². The van der Waals surface area contributed by atoms with Crippen molar-refractivity contribution in [2.24, 2.45) is 5.41 Å². The van der Waals surface area contributed by atoms with Crippen molar-refractivity contribution >= 4 is 11.7 Å². The fourth-order valence-corrected chi connectivity index (χ4v) is 3.09. The van der Waals surface area contributed by atoms with E-state index in [9.17, 15) is 9.90 Å². The standard InChI is InChI=1S/C18H28N2O3/c1-3-18(4-2)13-16(23-17(18)22)9-10-19-11-12-20-14-5-7-15(21)8-6-14/h5-8,16,19-21H,3-4,9-13H2,1-2H3. The number of esters is 1. The van der Waals surface area contributed by atoms with E-state index in [4.69, 9.17) is 4.74 Å². The van der Waals surface area contributed by atoms with E-state index < -0.39 is 0 Å². The summed E-state index contributed by atoms with van der Waals surface area (Å²) in [6.45, 7) is 6.64. The van der Waals surface area contributed by atoms with Crippen LogP contribution in [-0.4, -0.2) is 36.8 Å². The lowest BCUT2D eigenvalue weighted by molar-refractivity contribution is -0.149. The molecule has 0 bridgehead atoms. The number of carbonyl (C=O) groups excluding carboxylic acids is 1. The number of anilines is 1. The van der Waals surface area contributed by atoms with Crippen LogP contribution < -0.4 is 10.6 Å². The molecule has 0 saturated carbocycles. The van der Waals surface area contributed by atoms with Crippen molar-refractivity contribution in [1.82, 2.24) is 5.32 Å². The largest absolute Gasteiger partial charge is 0.508 e. The van der Waals surface area contributed by atoms with E-state index in [-0.39, 0.29) is 23.2 Å². The van der Waals surface area contributed by atoms with Gasteiger partial charge >= 0.3 is 5.97 Å². The highest BCUT2D eigenvalue weighted by Gasteiger charge is 2.45. The van der Waals surface area contributed by atoms with Gasteiger partial charge in [-0.05, 0) is 50.1 Å². The lowest BCUT2D eigenvalue weighted by Crippen LogP contribution is -2.26. The van der Waals surface area contributed by atoms with Gasteiger partial charge in [0.1, 0.15) is 11.9 Å². The summed E-state index contributed by atoms with van der Waals surface area (Å²) in [5.41, 5.74) is 0.746.